The molecule has 24 heavy (non-hydrogen) atoms. The van der Waals surface area contributed by atoms with Crippen LogP contribution in [0.5, 0.6) is 0 Å². The van der Waals surface area contributed by atoms with Crippen LogP contribution >= 0.6 is 11.6 Å². The quantitative estimate of drug-likeness (QED) is 0.810. The molecule has 0 bridgehead atoms. The standard InChI is InChI=1S/C14H14ClN3O4S2/c15-14-6-5-13(10-16-14)24(21,22)17-11-3-1-4-12(9-11)18-7-2-8-23(18,19)20/h1,3-6,9-10,17H,2,7-8H2. The first-order valence-corrected chi connectivity index (χ1v) is 10.5. The number of rotatable bonds is 4. The molecule has 1 N–H and O–H groups in total. The second-order valence-corrected chi connectivity index (χ2v) is 9.30. The molecule has 2 heterocycles. The summed E-state index contributed by atoms with van der Waals surface area (Å²) in [6, 6.07) is 8.98. The van der Waals surface area contributed by atoms with Gasteiger partial charge in [-0.3, -0.25) is 9.03 Å². The Morgan fingerprint density at radius 2 is 2.00 bits per heavy atom. The van der Waals surface area contributed by atoms with E-state index in [2.05, 4.69) is 9.71 Å². The van der Waals surface area contributed by atoms with E-state index in [0.29, 0.717) is 18.7 Å². The maximum absolute atomic E-state index is 12.3. The smallest absolute Gasteiger partial charge is 0.263 e. The summed E-state index contributed by atoms with van der Waals surface area (Å²) >= 11 is 5.65. The Labute approximate surface area is 145 Å². The molecule has 0 aliphatic carbocycles. The molecule has 0 unspecified atom stereocenters. The van der Waals surface area contributed by atoms with Crippen LogP contribution < -0.4 is 9.03 Å². The summed E-state index contributed by atoms with van der Waals surface area (Å²) in [5.74, 6) is 0.0966. The van der Waals surface area contributed by atoms with E-state index in [4.69, 9.17) is 11.6 Å². The maximum Gasteiger partial charge on any atom is 0.263 e. The van der Waals surface area contributed by atoms with Crippen molar-refractivity contribution in [2.24, 2.45) is 0 Å². The van der Waals surface area contributed by atoms with Gasteiger partial charge in [0.1, 0.15) is 10.0 Å². The van der Waals surface area contributed by atoms with Gasteiger partial charge in [0.25, 0.3) is 10.0 Å². The average Bonchev–Trinajstić information content (AvgIpc) is 2.87. The number of pyridine rings is 1. The first-order valence-electron chi connectivity index (χ1n) is 7.03. The van der Waals surface area contributed by atoms with Crippen LogP contribution in [-0.2, 0) is 20.0 Å². The number of nitrogens with one attached hydrogen (secondary N) is 1. The second kappa shape index (κ2) is 6.23. The van der Waals surface area contributed by atoms with Crippen molar-refractivity contribution in [1.82, 2.24) is 4.98 Å². The lowest BCUT2D eigenvalue weighted by Gasteiger charge is -2.18. The van der Waals surface area contributed by atoms with Crippen molar-refractivity contribution in [2.45, 2.75) is 11.3 Å². The Kier molecular flexibility index (Phi) is 4.41. The van der Waals surface area contributed by atoms with E-state index in [0.717, 1.165) is 6.20 Å². The lowest BCUT2D eigenvalue weighted by Crippen LogP contribution is -2.25. The van der Waals surface area contributed by atoms with Crippen LogP contribution in [0.1, 0.15) is 6.42 Å². The van der Waals surface area contributed by atoms with Gasteiger partial charge in [-0.05, 0) is 36.8 Å². The van der Waals surface area contributed by atoms with Crippen LogP contribution in [0.2, 0.25) is 5.15 Å². The Bertz CT molecular complexity index is 960. The molecule has 1 fully saturated rings. The molecule has 1 saturated heterocycles. The van der Waals surface area contributed by atoms with Gasteiger partial charge in [-0.2, -0.15) is 0 Å². The number of hydrogen-bond donors (Lipinski definition) is 1. The van der Waals surface area contributed by atoms with E-state index < -0.39 is 20.0 Å². The highest BCUT2D eigenvalue weighted by atomic mass is 35.5. The number of benzene rings is 1. The van der Waals surface area contributed by atoms with Crippen molar-refractivity contribution < 1.29 is 16.8 Å². The zero-order valence-corrected chi connectivity index (χ0v) is 14.8. The highest BCUT2D eigenvalue weighted by Gasteiger charge is 2.28. The maximum atomic E-state index is 12.3. The fraction of sp³-hybridized carbons (Fsp3) is 0.214. The molecule has 0 amide bonds. The molecule has 1 aliphatic rings. The summed E-state index contributed by atoms with van der Waals surface area (Å²) in [6.45, 7) is 0.389. The van der Waals surface area contributed by atoms with Gasteiger partial charge in [-0.15, -0.1) is 0 Å². The summed E-state index contributed by atoms with van der Waals surface area (Å²) in [5.41, 5.74) is 0.700. The van der Waals surface area contributed by atoms with Crippen LogP contribution in [0.4, 0.5) is 11.4 Å². The molecule has 10 heteroatoms. The van der Waals surface area contributed by atoms with Gasteiger partial charge in [-0.25, -0.2) is 21.8 Å². The molecular formula is C14H14ClN3O4S2. The molecule has 0 radical (unpaired) electrons. The van der Waals surface area contributed by atoms with Crippen LogP contribution in [0.15, 0.2) is 47.5 Å². The molecule has 128 valence electrons. The van der Waals surface area contributed by atoms with E-state index >= 15 is 0 Å². The first kappa shape index (κ1) is 17.0. The summed E-state index contributed by atoms with van der Waals surface area (Å²) in [7, 11) is -7.16. The zero-order valence-electron chi connectivity index (χ0n) is 12.4. The van der Waals surface area contributed by atoms with Crippen molar-refractivity contribution in [3.05, 3.63) is 47.7 Å². The van der Waals surface area contributed by atoms with Crippen molar-refractivity contribution in [3.8, 4) is 0 Å². The number of sulfonamides is 2. The predicted octanol–water partition coefficient (Wildman–Crippen LogP) is 2.08. The monoisotopic (exact) mass is 387 g/mol. The molecule has 7 nitrogen and oxygen atoms in total. The zero-order chi connectivity index (χ0) is 17.4. The Hall–Kier alpha value is -1.84. The minimum atomic E-state index is -3.84. The predicted molar refractivity (Wildman–Crippen MR) is 92.2 cm³/mol. The van der Waals surface area contributed by atoms with Gasteiger partial charge in [0.05, 0.1) is 17.1 Å². The Morgan fingerprint density at radius 3 is 2.62 bits per heavy atom. The highest BCUT2D eigenvalue weighted by Crippen LogP contribution is 2.27. The van der Waals surface area contributed by atoms with E-state index in [9.17, 15) is 16.8 Å². The topological polar surface area (TPSA) is 96.4 Å². The van der Waals surface area contributed by atoms with Gasteiger partial charge in [0.2, 0.25) is 10.0 Å². The van der Waals surface area contributed by atoms with Crippen LogP contribution in [-0.4, -0.2) is 34.1 Å². The minimum Gasteiger partial charge on any atom is -0.280 e. The van der Waals surface area contributed by atoms with Crippen molar-refractivity contribution in [3.63, 3.8) is 0 Å². The van der Waals surface area contributed by atoms with E-state index in [1.807, 2.05) is 0 Å². The van der Waals surface area contributed by atoms with Crippen molar-refractivity contribution in [1.29, 1.82) is 0 Å². The molecule has 1 aromatic heterocycles. The normalized spacial score (nSPS) is 17.0. The lowest BCUT2D eigenvalue weighted by molar-refractivity contribution is 0.598. The number of aromatic nitrogens is 1. The molecular weight excluding hydrogens is 374 g/mol. The first-order chi connectivity index (χ1) is 11.3. The molecule has 1 aromatic carbocycles. The van der Waals surface area contributed by atoms with Crippen molar-refractivity contribution >= 4 is 43.0 Å². The molecule has 0 spiro atoms. The van der Waals surface area contributed by atoms with Crippen LogP contribution in [0, 0.1) is 0 Å². The molecule has 2 aromatic rings. The van der Waals surface area contributed by atoms with Gasteiger partial charge < -0.3 is 0 Å². The molecule has 1 aliphatic heterocycles. The van der Waals surface area contributed by atoms with Crippen LogP contribution in [0.3, 0.4) is 0 Å². The number of anilines is 2. The SMILES string of the molecule is O=S(=O)(Nc1cccc(N2CCCS2(=O)=O)c1)c1ccc(Cl)nc1. The fourth-order valence-electron chi connectivity index (χ4n) is 2.39. The molecule has 0 atom stereocenters. The molecule has 0 saturated carbocycles. The largest absolute Gasteiger partial charge is 0.280 e. The third kappa shape index (κ3) is 3.47. The summed E-state index contributed by atoms with van der Waals surface area (Å²) in [5, 5.41) is 0.190. The molecule has 3 rings (SSSR count). The van der Waals surface area contributed by atoms with E-state index in [1.54, 1.807) is 18.2 Å². The van der Waals surface area contributed by atoms with Crippen LogP contribution in [0.25, 0.3) is 0 Å². The number of halogens is 1. The van der Waals surface area contributed by atoms with E-state index in [-0.39, 0.29) is 21.5 Å². The third-order valence-corrected chi connectivity index (χ3v) is 6.96. The summed E-state index contributed by atoms with van der Waals surface area (Å²) in [4.78, 5) is 3.71. The minimum absolute atomic E-state index is 0.0360. The van der Waals surface area contributed by atoms with Crippen molar-refractivity contribution in [2.75, 3.05) is 21.3 Å². The third-order valence-electron chi connectivity index (χ3n) is 3.50. The van der Waals surface area contributed by atoms with Gasteiger partial charge >= 0.3 is 0 Å². The lowest BCUT2D eigenvalue weighted by atomic mass is 10.3. The number of nitrogens with zero attached hydrogens (tertiary/aromatic N) is 2. The average molecular weight is 388 g/mol. The van der Waals surface area contributed by atoms with Gasteiger partial charge in [-0.1, -0.05) is 17.7 Å². The van der Waals surface area contributed by atoms with E-state index in [1.165, 1.54) is 22.5 Å². The highest BCUT2D eigenvalue weighted by molar-refractivity contribution is 7.93. The summed E-state index contributed by atoms with van der Waals surface area (Å²) in [6.07, 6.45) is 1.70. The Morgan fingerprint density at radius 1 is 1.21 bits per heavy atom. The summed E-state index contributed by atoms with van der Waals surface area (Å²) < 4.78 is 52.4. The Balaban J connectivity index is 1.88. The van der Waals surface area contributed by atoms with Gasteiger partial charge in [0, 0.05) is 12.7 Å². The van der Waals surface area contributed by atoms with Gasteiger partial charge in [0.15, 0.2) is 0 Å². The number of hydrogen-bond acceptors (Lipinski definition) is 5. The second-order valence-electron chi connectivity index (χ2n) is 5.21. The fourth-order valence-corrected chi connectivity index (χ4v) is 5.05.